The van der Waals surface area contributed by atoms with Gasteiger partial charge in [0.25, 0.3) is 0 Å². The monoisotopic (exact) mass is 249 g/mol. The van der Waals surface area contributed by atoms with E-state index in [4.69, 9.17) is 0 Å². The normalized spacial score (nSPS) is 22.8. The van der Waals surface area contributed by atoms with E-state index in [1.807, 2.05) is 11.5 Å². The minimum Gasteiger partial charge on any atom is -0.344 e. The number of nitrogens with one attached hydrogen (secondary N) is 1. The molecule has 1 unspecified atom stereocenters. The quantitative estimate of drug-likeness (QED) is 0.707. The molecule has 7 nitrogen and oxygen atoms in total. The van der Waals surface area contributed by atoms with Crippen LogP contribution in [0.5, 0.6) is 0 Å². The fourth-order valence-corrected chi connectivity index (χ4v) is 2.51. The molecular formula is C11H15N5O2. The van der Waals surface area contributed by atoms with Crippen LogP contribution >= 0.6 is 0 Å². The van der Waals surface area contributed by atoms with Gasteiger partial charge in [-0.15, -0.1) is 10.2 Å². The number of hydrogen-bond acceptors (Lipinski definition) is 4. The van der Waals surface area contributed by atoms with Crippen LogP contribution in [0.1, 0.15) is 24.5 Å². The van der Waals surface area contributed by atoms with Crippen molar-refractivity contribution in [2.45, 2.75) is 38.9 Å². The van der Waals surface area contributed by atoms with Crippen LogP contribution in [-0.2, 0) is 22.7 Å². The van der Waals surface area contributed by atoms with Crippen molar-refractivity contribution in [1.29, 1.82) is 0 Å². The molecule has 1 fully saturated rings. The number of hydrogen-bond donors (Lipinski definition) is 1. The van der Waals surface area contributed by atoms with Gasteiger partial charge in [0.1, 0.15) is 11.9 Å². The number of amides is 2. The summed E-state index contributed by atoms with van der Waals surface area (Å²) in [5.41, 5.74) is 0. The zero-order chi connectivity index (χ0) is 12.7. The lowest BCUT2D eigenvalue weighted by atomic mass is 10.2. The van der Waals surface area contributed by atoms with Crippen LogP contribution in [-0.4, -0.2) is 44.1 Å². The molecule has 3 heterocycles. The summed E-state index contributed by atoms with van der Waals surface area (Å²) in [7, 11) is 0. The standard InChI is InChI=1S/C11H15N5O2/c1-7-13-14-9-6-15(4-5-16(7)9)11(18)8-2-3-10(17)12-8/h8H,2-6H2,1H3,(H,12,17). The van der Waals surface area contributed by atoms with Crippen molar-refractivity contribution in [2.75, 3.05) is 6.54 Å². The molecule has 2 amide bonds. The minimum absolute atomic E-state index is 0.00671. The number of aromatic nitrogens is 3. The molecule has 7 heteroatoms. The third-order valence-corrected chi connectivity index (χ3v) is 3.54. The van der Waals surface area contributed by atoms with E-state index in [2.05, 4.69) is 15.5 Å². The Bertz CT molecular complexity index is 510. The Morgan fingerprint density at radius 2 is 2.22 bits per heavy atom. The molecule has 96 valence electrons. The van der Waals surface area contributed by atoms with E-state index >= 15 is 0 Å². The maximum absolute atomic E-state index is 12.2. The summed E-state index contributed by atoms with van der Waals surface area (Å²) in [4.78, 5) is 25.1. The summed E-state index contributed by atoms with van der Waals surface area (Å²) in [6, 6.07) is -0.354. The van der Waals surface area contributed by atoms with Gasteiger partial charge in [-0.05, 0) is 13.3 Å². The van der Waals surface area contributed by atoms with E-state index in [-0.39, 0.29) is 17.9 Å². The Balaban J connectivity index is 1.72. The average molecular weight is 249 g/mol. The summed E-state index contributed by atoms with van der Waals surface area (Å²) in [6.45, 7) is 3.76. The fourth-order valence-electron chi connectivity index (χ4n) is 2.51. The van der Waals surface area contributed by atoms with Crippen LogP contribution in [0, 0.1) is 6.92 Å². The Kier molecular flexibility index (Phi) is 2.53. The van der Waals surface area contributed by atoms with Gasteiger partial charge in [-0.3, -0.25) is 9.59 Å². The summed E-state index contributed by atoms with van der Waals surface area (Å²) in [6.07, 6.45) is 1.04. The lowest BCUT2D eigenvalue weighted by molar-refractivity contribution is -0.135. The molecule has 1 aromatic rings. The molecule has 1 saturated heterocycles. The maximum Gasteiger partial charge on any atom is 0.245 e. The number of nitrogens with zero attached hydrogens (tertiary/aromatic N) is 4. The van der Waals surface area contributed by atoms with Crippen molar-refractivity contribution in [2.24, 2.45) is 0 Å². The van der Waals surface area contributed by atoms with Crippen LogP contribution in [0.25, 0.3) is 0 Å². The van der Waals surface area contributed by atoms with Gasteiger partial charge in [0.15, 0.2) is 5.82 Å². The van der Waals surface area contributed by atoms with Crippen molar-refractivity contribution in [3.05, 3.63) is 11.6 Å². The maximum atomic E-state index is 12.2. The Hall–Kier alpha value is -1.92. The Labute approximate surface area is 104 Å². The van der Waals surface area contributed by atoms with Gasteiger partial charge in [-0.25, -0.2) is 0 Å². The first-order valence-corrected chi connectivity index (χ1v) is 6.12. The summed E-state index contributed by atoms with van der Waals surface area (Å²) >= 11 is 0. The molecule has 2 aliphatic rings. The van der Waals surface area contributed by atoms with E-state index in [0.29, 0.717) is 25.9 Å². The molecular weight excluding hydrogens is 234 g/mol. The van der Waals surface area contributed by atoms with E-state index in [9.17, 15) is 9.59 Å². The molecule has 2 aliphatic heterocycles. The van der Waals surface area contributed by atoms with Gasteiger partial charge in [0.05, 0.1) is 6.54 Å². The largest absolute Gasteiger partial charge is 0.344 e. The summed E-state index contributed by atoms with van der Waals surface area (Å²) in [5, 5.41) is 10.8. The fraction of sp³-hybridized carbons (Fsp3) is 0.636. The van der Waals surface area contributed by atoms with Gasteiger partial charge < -0.3 is 14.8 Å². The highest BCUT2D eigenvalue weighted by atomic mass is 16.2. The lowest BCUT2D eigenvalue weighted by Crippen LogP contribution is -2.47. The number of carbonyl (C=O) groups excluding carboxylic acids is 2. The molecule has 0 aromatic carbocycles. The molecule has 0 saturated carbocycles. The third-order valence-electron chi connectivity index (χ3n) is 3.54. The van der Waals surface area contributed by atoms with Crippen molar-refractivity contribution in [1.82, 2.24) is 25.0 Å². The van der Waals surface area contributed by atoms with E-state index < -0.39 is 0 Å². The van der Waals surface area contributed by atoms with E-state index in [1.165, 1.54) is 0 Å². The number of rotatable bonds is 1. The van der Waals surface area contributed by atoms with Gasteiger partial charge in [0, 0.05) is 19.5 Å². The highest BCUT2D eigenvalue weighted by molar-refractivity contribution is 5.90. The zero-order valence-corrected chi connectivity index (χ0v) is 10.2. The Morgan fingerprint density at radius 3 is 2.94 bits per heavy atom. The number of fused-ring (bicyclic) bond motifs is 1. The molecule has 0 spiro atoms. The molecule has 1 N–H and O–H groups in total. The molecule has 1 aromatic heterocycles. The van der Waals surface area contributed by atoms with Gasteiger partial charge in [0.2, 0.25) is 11.8 Å². The second kappa shape index (κ2) is 4.08. The zero-order valence-electron chi connectivity index (χ0n) is 10.2. The first-order chi connectivity index (χ1) is 8.65. The molecule has 0 aliphatic carbocycles. The number of carbonyl (C=O) groups is 2. The highest BCUT2D eigenvalue weighted by Gasteiger charge is 2.32. The highest BCUT2D eigenvalue weighted by Crippen LogP contribution is 2.16. The topological polar surface area (TPSA) is 80.1 Å². The smallest absolute Gasteiger partial charge is 0.245 e. The van der Waals surface area contributed by atoms with Crippen molar-refractivity contribution >= 4 is 11.8 Å². The SMILES string of the molecule is Cc1nnc2n1CCN(C(=O)C1CCC(=O)N1)C2. The van der Waals surface area contributed by atoms with Crippen LogP contribution in [0.15, 0.2) is 0 Å². The minimum atomic E-state index is -0.354. The number of aryl methyl sites for hydroxylation is 1. The van der Waals surface area contributed by atoms with Crippen LogP contribution in [0.2, 0.25) is 0 Å². The summed E-state index contributed by atoms with van der Waals surface area (Å²) in [5.74, 6) is 1.65. The second-order valence-corrected chi connectivity index (χ2v) is 4.73. The molecule has 0 radical (unpaired) electrons. The molecule has 0 bridgehead atoms. The second-order valence-electron chi connectivity index (χ2n) is 4.73. The van der Waals surface area contributed by atoms with Gasteiger partial charge in [-0.1, -0.05) is 0 Å². The molecule has 3 rings (SSSR count). The van der Waals surface area contributed by atoms with E-state index in [0.717, 1.165) is 18.2 Å². The molecule has 18 heavy (non-hydrogen) atoms. The van der Waals surface area contributed by atoms with Crippen LogP contribution in [0.3, 0.4) is 0 Å². The van der Waals surface area contributed by atoms with Crippen molar-refractivity contribution in [3.8, 4) is 0 Å². The van der Waals surface area contributed by atoms with Crippen LogP contribution < -0.4 is 5.32 Å². The third kappa shape index (κ3) is 1.75. The summed E-state index contributed by atoms with van der Waals surface area (Å²) < 4.78 is 2.02. The Morgan fingerprint density at radius 1 is 1.39 bits per heavy atom. The molecule has 1 atom stereocenters. The van der Waals surface area contributed by atoms with Gasteiger partial charge in [-0.2, -0.15) is 0 Å². The van der Waals surface area contributed by atoms with Crippen molar-refractivity contribution in [3.63, 3.8) is 0 Å². The first kappa shape index (κ1) is 11.2. The predicted molar refractivity (Wildman–Crippen MR) is 61.3 cm³/mol. The van der Waals surface area contributed by atoms with Crippen LogP contribution in [0.4, 0.5) is 0 Å². The van der Waals surface area contributed by atoms with E-state index in [1.54, 1.807) is 4.90 Å². The predicted octanol–water partition coefficient (Wildman–Crippen LogP) is -0.793. The van der Waals surface area contributed by atoms with Crippen molar-refractivity contribution < 1.29 is 9.59 Å². The average Bonchev–Trinajstić information content (AvgIpc) is 2.95. The first-order valence-electron chi connectivity index (χ1n) is 6.12. The lowest BCUT2D eigenvalue weighted by Gasteiger charge is -2.29. The van der Waals surface area contributed by atoms with Gasteiger partial charge >= 0.3 is 0 Å².